The third-order valence-electron chi connectivity index (χ3n) is 4.74. The van der Waals surface area contributed by atoms with Gasteiger partial charge >= 0.3 is 5.97 Å². The molecule has 2 aliphatic heterocycles. The number of carbonyl (C=O) groups excluding carboxylic acids is 1. The molecule has 7 nitrogen and oxygen atoms in total. The monoisotopic (exact) mass is 363 g/mol. The maximum Gasteiger partial charge on any atom is 0.329 e. The first-order chi connectivity index (χ1) is 11.1. The van der Waals surface area contributed by atoms with Crippen LogP contribution < -0.4 is 0 Å². The highest BCUT2D eigenvalue weighted by atomic mass is 32.2. The van der Waals surface area contributed by atoms with Crippen molar-refractivity contribution in [2.24, 2.45) is 5.92 Å². The van der Waals surface area contributed by atoms with Crippen LogP contribution in [0.5, 0.6) is 0 Å². The molecule has 0 aromatic heterocycles. The summed E-state index contributed by atoms with van der Waals surface area (Å²) in [6.45, 7) is 6.39. The Morgan fingerprint density at radius 3 is 2.25 bits per heavy atom. The van der Waals surface area contributed by atoms with E-state index in [1.165, 1.54) is 4.31 Å². The highest BCUT2D eigenvalue weighted by Crippen LogP contribution is 2.36. The maximum atomic E-state index is 13.3. The molecule has 0 amide bonds. The van der Waals surface area contributed by atoms with Crippen molar-refractivity contribution in [3.63, 3.8) is 0 Å². The van der Waals surface area contributed by atoms with E-state index in [0.29, 0.717) is 25.9 Å². The molecule has 2 fully saturated rings. The zero-order valence-electron chi connectivity index (χ0n) is 14.8. The Bertz CT molecular complexity index is 539. The fraction of sp³-hybridized carbons (Fsp3) is 0.938. The van der Waals surface area contributed by atoms with Gasteiger partial charge < -0.3 is 14.6 Å². The number of hydrogen-bond donors (Lipinski definition) is 1. The first-order valence-corrected chi connectivity index (χ1v) is 9.98. The first-order valence-electron chi connectivity index (χ1n) is 8.54. The minimum absolute atomic E-state index is 0.0684. The number of aliphatic hydroxyl groups excluding tert-OH is 1. The lowest BCUT2D eigenvalue weighted by Crippen LogP contribution is -2.59. The molecule has 2 heterocycles. The molecular weight excluding hydrogens is 334 g/mol. The van der Waals surface area contributed by atoms with Crippen molar-refractivity contribution in [1.82, 2.24) is 4.31 Å². The molecule has 0 aromatic rings. The van der Waals surface area contributed by atoms with Crippen molar-refractivity contribution in [1.29, 1.82) is 0 Å². The van der Waals surface area contributed by atoms with Crippen LogP contribution in [-0.2, 0) is 24.3 Å². The van der Waals surface area contributed by atoms with Gasteiger partial charge in [0.15, 0.2) is 4.75 Å². The summed E-state index contributed by atoms with van der Waals surface area (Å²) in [5, 5.41) is 9.24. The zero-order chi connectivity index (χ0) is 18.0. The molecule has 140 valence electrons. The molecule has 0 aliphatic carbocycles. The lowest BCUT2D eigenvalue weighted by molar-refractivity contribution is -0.161. The third kappa shape index (κ3) is 3.92. The van der Waals surface area contributed by atoms with Crippen molar-refractivity contribution >= 4 is 16.0 Å². The van der Waals surface area contributed by atoms with Crippen LogP contribution in [0.1, 0.15) is 46.5 Å². The summed E-state index contributed by atoms with van der Waals surface area (Å²) in [6, 6.07) is 0. The van der Waals surface area contributed by atoms with Crippen molar-refractivity contribution in [3.05, 3.63) is 0 Å². The van der Waals surface area contributed by atoms with E-state index >= 15 is 0 Å². The van der Waals surface area contributed by atoms with E-state index in [-0.39, 0.29) is 38.6 Å². The lowest BCUT2D eigenvalue weighted by Gasteiger charge is -2.41. The Kier molecular flexibility index (Phi) is 5.95. The summed E-state index contributed by atoms with van der Waals surface area (Å²) < 4.78 is 37.2. The minimum Gasteiger partial charge on any atom is -0.459 e. The molecule has 24 heavy (non-hydrogen) atoms. The Balaban J connectivity index is 2.28. The van der Waals surface area contributed by atoms with Gasteiger partial charge in [-0.25, -0.2) is 12.7 Å². The van der Waals surface area contributed by atoms with Crippen molar-refractivity contribution in [2.75, 3.05) is 32.9 Å². The van der Waals surface area contributed by atoms with Crippen molar-refractivity contribution < 1.29 is 27.8 Å². The first kappa shape index (κ1) is 19.6. The van der Waals surface area contributed by atoms with E-state index in [1.807, 2.05) is 0 Å². The van der Waals surface area contributed by atoms with Gasteiger partial charge in [-0.15, -0.1) is 0 Å². The van der Waals surface area contributed by atoms with Crippen LogP contribution >= 0.6 is 0 Å². The predicted octanol–water partition coefficient (Wildman–Crippen LogP) is 0.911. The Hall–Kier alpha value is -0.700. The molecule has 2 rings (SSSR count). The quantitative estimate of drug-likeness (QED) is 0.747. The summed E-state index contributed by atoms with van der Waals surface area (Å²) in [4.78, 5) is 12.8. The van der Waals surface area contributed by atoms with Crippen LogP contribution in [0.4, 0.5) is 0 Å². The molecule has 2 saturated heterocycles. The number of esters is 1. The summed E-state index contributed by atoms with van der Waals surface area (Å²) in [7, 11) is -3.85. The summed E-state index contributed by atoms with van der Waals surface area (Å²) in [6.07, 6.45) is 1.45. The lowest BCUT2D eigenvalue weighted by atomic mass is 9.98. The molecule has 8 heteroatoms. The molecule has 0 unspecified atom stereocenters. The number of piperidine rings is 1. The van der Waals surface area contributed by atoms with Crippen LogP contribution in [0.25, 0.3) is 0 Å². The normalized spacial score (nSPS) is 23.8. The van der Waals surface area contributed by atoms with Gasteiger partial charge in [-0.2, -0.15) is 0 Å². The van der Waals surface area contributed by atoms with Crippen LogP contribution in [0.15, 0.2) is 0 Å². The van der Waals surface area contributed by atoms with E-state index in [4.69, 9.17) is 9.47 Å². The average Bonchev–Trinajstić information content (AvgIpc) is 2.53. The number of ether oxygens (including phenoxy) is 2. The number of rotatable bonds is 4. The standard InChI is InChI=1S/C16H29NO6S/c1-15(2,3)23-14(19)16(6-10-22-11-7-16)24(20,21)17-8-4-13(12-18)5-9-17/h13,18H,4-12H2,1-3H3. The molecule has 0 atom stereocenters. The Morgan fingerprint density at radius 1 is 1.25 bits per heavy atom. The summed E-state index contributed by atoms with van der Waals surface area (Å²) in [5.74, 6) is -0.550. The predicted molar refractivity (Wildman–Crippen MR) is 88.9 cm³/mol. The van der Waals surface area contributed by atoms with Crippen molar-refractivity contribution in [3.8, 4) is 0 Å². The SMILES string of the molecule is CC(C)(C)OC(=O)C1(S(=O)(=O)N2CCC(CO)CC2)CCOCC1. The molecule has 0 bridgehead atoms. The van der Waals surface area contributed by atoms with Crippen LogP contribution in [0, 0.1) is 5.92 Å². The van der Waals surface area contributed by atoms with E-state index in [0.717, 1.165) is 0 Å². The maximum absolute atomic E-state index is 13.3. The number of hydrogen-bond acceptors (Lipinski definition) is 6. The van der Waals surface area contributed by atoms with Crippen LogP contribution in [-0.4, -0.2) is 67.1 Å². The van der Waals surface area contributed by atoms with Gasteiger partial charge in [-0.05, 0) is 39.5 Å². The topological polar surface area (TPSA) is 93.1 Å². The van der Waals surface area contributed by atoms with E-state index < -0.39 is 26.3 Å². The van der Waals surface area contributed by atoms with Gasteiger partial charge in [0, 0.05) is 45.8 Å². The second-order valence-electron chi connectivity index (χ2n) is 7.64. The molecule has 0 spiro atoms. The highest BCUT2D eigenvalue weighted by molar-refractivity contribution is 7.91. The van der Waals surface area contributed by atoms with Crippen LogP contribution in [0.2, 0.25) is 0 Å². The van der Waals surface area contributed by atoms with E-state index in [1.54, 1.807) is 20.8 Å². The molecule has 2 aliphatic rings. The summed E-state index contributed by atoms with van der Waals surface area (Å²) in [5.41, 5.74) is -0.748. The second kappa shape index (κ2) is 7.27. The fourth-order valence-electron chi connectivity index (χ4n) is 3.22. The molecule has 0 saturated carbocycles. The smallest absolute Gasteiger partial charge is 0.329 e. The van der Waals surface area contributed by atoms with E-state index in [2.05, 4.69) is 0 Å². The largest absolute Gasteiger partial charge is 0.459 e. The van der Waals surface area contributed by atoms with E-state index in [9.17, 15) is 18.3 Å². The second-order valence-corrected chi connectivity index (χ2v) is 9.89. The van der Waals surface area contributed by atoms with Crippen molar-refractivity contribution in [2.45, 2.75) is 56.8 Å². The van der Waals surface area contributed by atoms with Gasteiger partial charge in [0.1, 0.15) is 5.60 Å². The minimum atomic E-state index is -3.85. The molecule has 0 aromatic carbocycles. The average molecular weight is 363 g/mol. The molecule has 1 N–H and O–H groups in total. The Labute approximate surface area is 144 Å². The van der Waals surface area contributed by atoms with Gasteiger partial charge in [0.25, 0.3) is 0 Å². The van der Waals surface area contributed by atoms with Gasteiger partial charge in [-0.1, -0.05) is 0 Å². The van der Waals surface area contributed by atoms with Gasteiger partial charge in [0.05, 0.1) is 0 Å². The fourth-order valence-corrected chi connectivity index (χ4v) is 5.34. The Morgan fingerprint density at radius 2 is 1.79 bits per heavy atom. The molecule has 0 radical (unpaired) electrons. The number of carbonyl (C=O) groups is 1. The zero-order valence-corrected chi connectivity index (χ0v) is 15.6. The summed E-state index contributed by atoms with van der Waals surface area (Å²) >= 11 is 0. The number of aliphatic hydroxyl groups is 1. The number of nitrogens with zero attached hydrogens (tertiary/aromatic N) is 1. The molecular formula is C16H29NO6S. The third-order valence-corrected chi connectivity index (χ3v) is 7.34. The highest BCUT2D eigenvalue weighted by Gasteiger charge is 2.56. The number of sulfonamides is 1. The van der Waals surface area contributed by atoms with Crippen LogP contribution in [0.3, 0.4) is 0 Å². The van der Waals surface area contributed by atoms with Gasteiger partial charge in [-0.3, -0.25) is 4.79 Å². The van der Waals surface area contributed by atoms with Gasteiger partial charge in [0.2, 0.25) is 10.0 Å².